The molecule has 7 heteroatoms. The third-order valence-corrected chi connectivity index (χ3v) is 4.50. The molecule has 2 aromatic carbocycles. The van der Waals surface area contributed by atoms with Crippen LogP contribution in [-0.4, -0.2) is 25.8 Å². The molecule has 1 N–H and O–H groups in total. The topological polar surface area (TPSA) is 32.3 Å². The molecule has 2 aromatic rings. The number of amides is 1. The molecular weight excluding hydrogens is 349 g/mol. The number of carbonyl (C=O) groups excluding carboxylic acids is 1. The van der Waals surface area contributed by atoms with Crippen LogP contribution in [0.4, 0.5) is 24.5 Å². The Labute approximate surface area is 149 Å². The summed E-state index contributed by atoms with van der Waals surface area (Å²) in [4.78, 5) is 14.5. The molecule has 0 heterocycles. The largest absolute Gasteiger partial charge is 0.418 e. The molecule has 25 heavy (non-hydrogen) atoms. The maximum absolute atomic E-state index is 13.3. The Morgan fingerprint density at radius 3 is 2.32 bits per heavy atom. The van der Waals surface area contributed by atoms with Gasteiger partial charge >= 0.3 is 6.18 Å². The summed E-state index contributed by atoms with van der Waals surface area (Å²) in [5, 5.41) is 2.37. The van der Waals surface area contributed by atoms with E-state index in [1.54, 1.807) is 19.0 Å². The van der Waals surface area contributed by atoms with Gasteiger partial charge in [0.1, 0.15) is 0 Å². The Morgan fingerprint density at radius 2 is 1.76 bits per heavy atom. The number of thioether (sulfide) groups is 1. The highest BCUT2D eigenvalue weighted by molar-refractivity contribution is 8.00. The van der Waals surface area contributed by atoms with Crippen molar-refractivity contribution < 1.29 is 18.0 Å². The van der Waals surface area contributed by atoms with Gasteiger partial charge in [0.25, 0.3) is 0 Å². The number of carbonyl (C=O) groups is 1. The second kappa shape index (κ2) is 7.82. The van der Waals surface area contributed by atoms with E-state index < -0.39 is 17.6 Å². The van der Waals surface area contributed by atoms with Crippen molar-refractivity contribution in [1.29, 1.82) is 0 Å². The predicted molar refractivity (Wildman–Crippen MR) is 96.3 cm³/mol. The van der Waals surface area contributed by atoms with E-state index in [0.29, 0.717) is 5.69 Å². The molecule has 0 radical (unpaired) electrons. The molecule has 0 unspecified atom stereocenters. The minimum Gasteiger partial charge on any atom is -0.378 e. The fourth-order valence-corrected chi connectivity index (χ4v) is 2.82. The van der Waals surface area contributed by atoms with Crippen molar-refractivity contribution in [3.8, 4) is 0 Å². The summed E-state index contributed by atoms with van der Waals surface area (Å²) in [5.41, 5.74) is 0.434. The number of hydrogen-bond acceptors (Lipinski definition) is 3. The number of rotatable bonds is 5. The summed E-state index contributed by atoms with van der Waals surface area (Å²) in [5.74, 6) is -0.441. The number of hydrogen-bond donors (Lipinski definition) is 1. The van der Waals surface area contributed by atoms with Crippen LogP contribution in [0, 0.1) is 6.92 Å². The number of nitrogens with one attached hydrogen (secondary N) is 1. The minimum absolute atomic E-state index is 0.0375. The highest BCUT2D eigenvalue weighted by atomic mass is 32.2. The van der Waals surface area contributed by atoms with Gasteiger partial charge in [-0.1, -0.05) is 17.7 Å². The molecule has 0 aromatic heterocycles. The van der Waals surface area contributed by atoms with E-state index >= 15 is 0 Å². The molecule has 0 saturated heterocycles. The summed E-state index contributed by atoms with van der Waals surface area (Å²) >= 11 is 1.28. The Hall–Kier alpha value is -2.15. The van der Waals surface area contributed by atoms with Gasteiger partial charge in [0.2, 0.25) is 5.91 Å². The van der Waals surface area contributed by atoms with Crippen LogP contribution in [0.15, 0.2) is 47.4 Å². The standard InChI is InChI=1S/C18H19F3N2OS/c1-12-4-7-14(8-5-12)25-11-17(24)22-16-9-6-13(23(2)3)10-15(16)18(19,20)21/h4-10H,11H2,1-3H3,(H,22,24). The second-order valence-corrected chi connectivity index (χ2v) is 6.82. The number of anilines is 2. The summed E-state index contributed by atoms with van der Waals surface area (Å²) in [6.07, 6.45) is -4.54. The molecule has 2 rings (SSSR count). The van der Waals surface area contributed by atoms with Crippen molar-refractivity contribution in [2.75, 3.05) is 30.1 Å². The lowest BCUT2D eigenvalue weighted by Gasteiger charge is -2.18. The Kier molecular flexibility index (Phi) is 6.00. The van der Waals surface area contributed by atoms with Gasteiger partial charge in [0.05, 0.1) is 17.0 Å². The Balaban J connectivity index is 2.10. The third kappa shape index (κ3) is 5.42. The molecule has 0 atom stereocenters. The molecule has 3 nitrogen and oxygen atoms in total. The van der Waals surface area contributed by atoms with Crippen molar-refractivity contribution >= 4 is 29.0 Å². The smallest absolute Gasteiger partial charge is 0.378 e. The third-order valence-electron chi connectivity index (χ3n) is 3.49. The maximum atomic E-state index is 13.3. The van der Waals surface area contributed by atoms with Crippen LogP contribution in [0.5, 0.6) is 0 Å². The van der Waals surface area contributed by atoms with Gasteiger partial charge in [-0.25, -0.2) is 0 Å². The summed E-state index contributed by atoms with van der Waals surface area (Å²) in [6, 6.07) is 11.4. The molecule has 0 aliphatic heterocycles. The molecule has 0 aliphatic rings. The molecule has 0 aliphatic carbocycles. The molecule has 0 saturated carbocycles. The molecule has 0 bridgehead atoms. The van der Waals surface area contributed by atoms with Gasteiger partial charge in [-0.05, 0) is 37.3 Å². The van der Waals surface area contributed by atoms with E-state index in [9.17, 15) is 18.0 Å². The van der Waals surface area contributed by atoms with E-state index in [2.05, 4.69) is 5.32 Å². The summed E-state index contributed by atoms with van der Waals surface area (Å²) < 4.78 is 39.8. The first-order chi connectivity index (χ1) is 11.7. The van der Waals surface area contributed by atoms with Gasteiger partial charge in [0.15, 0.2) is 0 Å². The van der Waals surface area contributed by atoms with Crippen LogP contribution in [0.25, 0.3) is 0 Å². The van der Waals surface area contributed by atoms with Gasteiger partial charge in [-0.3, -0.25) is 4.79 Å². The number of halogens is 3. The van der Waals surface area contributed by atoms with Crippen molar-refractivity contribution in [2.45, 2.75) is 18.0 Å². The quantitative estimate of drug-likeness (QED) is 0.769. The highest BCUT2D eigenvalue weighted by Crippen LogP contribution is 2.37. The molecule has 1 amide bonds. The van der Waals surface area contributed by atoms with Gasteiger partial charge in [0, 0.05) is 24.7 Å². The molecular formula is C18H19F3N2OS. The fraction of sp³-hybridized carbons (Fsp3) is 0.278. The van der Waals surface area contributed by atoms with Gasteiger partial charge in [-0.15, -0.1) is 11.8 Å². The van der Waals surface area contributed by atoms with Crippen molar-refractivity contribution in [3.63, 3.8) is 0 Å². The van der Waals surface area contributed by atoms with Crippen LogP contribution >= 0.6 is 11.8 Å². The molecule has 134 valence electrons. The van der Waals surface area contributed by atoms with Crippen LogP contribution in [0.1, 0.15) is 11.1 Å². The fourth-order valence-electron chi connectivity index (χ4n) is 2.12. The highest BCUT2D eigenvalue weighted by Gasteiger charge is 2.34. The summed E-state index contributed by atoms with van der Waals surface area (Å²) in [7, 11) is 3.32. The lowest BCUT2D eigenvalue weighted by Crippen LogP contribution is -2.19. The zero-order valence-electron chi connectivity index (χ0n) is 14.1. The Bertz CT molecular complexity index is 743. The van der Waals surface area contributed by atoms with Crippen molar-refractivity contribution in [1.82, 2.24) is 0 Å². The first-order valence-corrected chi connectivity index (χ1v) is 8.53. The van der Waals surface area contributed by atoms with Crippen LogP contribution in [-0.2, 0) is 11.0 Å². The van der Waals surface area contributed by atoms with E-state index in [0.717, 1.165) is 16.5 Å². The number of alkyl halides is 3. The van der Waals surface area contributed by atoms with E-state index in [1.165, 1.54) is 23.9 Å². The zero-order chi connectivity index (χ0) is 18.6. The SMILES string of the molecule is Cc1ccc(SCC(=O)Nc2ccc(N(C)C)cc2C(F)(F)F)cc1. The molecule has 0 fully saturated rings. The average molecular weight is 368 g/mol. The first kappa shape index (κ1) is 19.2. The van der Waals surface area contributed by atoms with E-state index in [1.807, 2.05) is 31.2 Å². The van der Waals surface area contributed by atoms with E-state index in [4.69, 9.17) is 0 Å². The zero-order valence-corrected chi connectivity index (χ0v) is 15.0. The predicted octanol–water partition coefficient (Wildman–Crippen LogP) is 4.81. The monoisotopic (exact) mass is 368 g/mol. The average Bonchev–Trinajstić information content (AvgIpc) is 2.53. The van der Waals surface area contributed by atoms with Crippen LogP contribution in [0.2, 0.25) is 0 Å². The lowest BCUT2D eigenvalue weighted by molar-refractivity contribution is -0.136. The number of nitrogens with zero attached hydrogens (tertiary/aromatic N) is 1. The van der Waals surface area contributed by atoms with Gasteiger partial charge in [-0.2, -0.15) is 13.2 Å². The normalized spacial score (nSPS) is 11.3. The first-order valence-electron chi connectivity index (χ1n) is 7.54. The number of aryl methyl sites for hydroxylation is 1. The molecule has 0 spiro atoms. The Morgan fingerprint density at radius 1 is 1.12 bits per heavy atom. The van der Waals surface area contributed by atoms with Crippen molar-refractivity contribution in [2.24, 2.45) is 0 Å². The van der Waals surface area contributed by atoms with Gasteiger partial charge < -0.3 is 10.2 Å². The second-order valence-electron chi connectivity index (χ2n) is 5.77. The summed E-state index contributed by atoms with van der Waals surface area (Å²) in [6.45, 7) is 1.96. The van der Waals surface area contributed by atoms with Crippen LogP contribution in [0.3, 0.4) is 0 Å². The number of benzene rings is 2. The maximum Gasteiger partial charge on any atom is 0.418 e. The van der Waals surface area contributed by atoms with Crippen molar-refractivity contribution in [3.05, 3.63) is 53.6 Å². The minimum atomic E-state index is -4.54. The van der Waals surface area contributed by atoms with E-state index in [-0.39, 0.29) is 11.4 Å². The lowest BCUT2D eigenvalue weighted by atomic mass is 10.1. The van der Waals surface area contributed by atoms with Crippen LogP contribution < -0.4 is 10.2 Å².